The first-order valence-electron chi connectivity index (χ1n) is 7.02. The van der Waals surface area contributed by atoms with E-state index in [0.29, 0.717) is 22.0 Å². The van der Waals surface area contributed by atoms with Crippen molar-refractivity contribution in [3.8, 4) is 0 Å². The smallest absolute Gasteiger partial charge is 0.175 e. The van der Waals surface area contributed by atoms with Gasteiger partial charge in [-0.3, -0.25) is 0 Å². The summed E-state index contributed by atoms with van der Waals surface area (Å²) >= 11 is 6.19. The van der Waals surface area contributed by atoms with E-state index >= 15 is 0 Å². The molecule has 0 aliphatic rings. The third-order valence-electron chi connectivity index (χ3n) is 4.15. The summed E-state index contributed by atoms with van der Waals surface area (Å²) in [7, 11) is -3.27. The van der Waals surface area contributed by atoms with Crippen molar-refractivity contribution in [2.24, 2.45) is 0 Å². The Kier molecular flexibility index (Phi) is 6.05. The summed E-state index contributed by atoms with van der Waals surface area (Å²) in [6.45, 7) is 6.90. The zero-order valence-electron chi connectivity index (χ0n) is 12.7. The molecule has 0 spiro atoms. The fraction of sp³-hybridized carbons (Fsp3) is 0.600. The number of hydrogen-bond acceptors (Lipinski definition) is 3. The van der Waals surface area contributed by atoms with Crippen molar-refractivity contribution in [3.63, 3.8) is 0 Å². The van der Waals surface area contributed by atoms with Gasteiger partial charge >= 0.3 is 0 Å². The Morgan fingerprint density at radius 2 is 1.70 bits per heavy atom. The van der Waals surface area contributed by atoms with Crippen molar-refractivity contribution >= 4 is 21.4 Å². The molecule has 0 unspecified atom stereocenters. The van der Waals surface area contributed by atoms with Crippen LogP contribution in [0.5, 0.6) is 0 Å². The molecule has 114 valence electrons. The highest BCUT2D eigenvalue weighted by Crippen LogP contribution is 2.26. The first-order chi connectivity index (χ1) is 9.29. The largest absolute Gasteiger partial charge is 0.307 e. The van der Waals surface area contributed by atoms with E-state index in [1.807, 2.05) is 0 Å². The average molecular weight is 318 g/mol. The van der Waals surface area contributed by atoms with Crippen molar-refractivity contribution in [2.75, 3.05) is 6.26 Å². The number of nitrogens with one attached hydrogen (secondary N) is 1. The topological polar surface area (TPSA) is 46.2 Å². The maximum Gasteiger partial charge on any atom is 0.175 e. The monoisotopic (exact) mass is 317 g/mol. The molecule has 1 aromatic carbocycles. The molecule has 3 nitrogen and oxygen atoms in total. The van der Waals surface area contributed by atoms with E-state index in [2.05, 4.69) is 26.1 Å². The highest BCUT2D eigenvalue weighted by Gasteiger charge is 2.24. The van der Waals surface area contributed by atoms with Gasteiger partial charge in [-0.15, -0.1) is 0 Å². The molecular weight excluding hydrogens is 294 g/mol. The maximum absolute atomic E-state index is 11.9. The van der Waals surface area contributed by atoms with Crippen LogP contribution in [0.1, 0.15) is 45.6 Å². The van der Waals surface area contributed by atoms with Crippen LogP contribution in [0, 0.1) is 0 Å². The van der Waals surface area contributed by atoms with Gasteiger partial charge in [-0.05, 0) is 31.4 Å². The number of sulfone groups is 1. The lowest BCUT2D eigenvalue weighted by atomic mass is 9.89. The minimum absolute atomic E-state index is 0.0357. The van der Waals surface area contributed by atoms with Gasteiger partial charge in [-0.25, -0.2) is 8.42 Å². The molecule has 1 N–H and O–H groups in total. The molecule has 20 heavy (non-hydrogen) atoms. The second-order valence-corrected chi connectivity index (χ2v) is 7.57. The average Bonchev–Trinajstić information content (AvgIpc) is 2.41. The lowest BCUT2D eigenvalue weighted by Crippen LogP contribution is -2.43. The summed E-state index contributed by atoms with van der Waals surface area (Å²) in [5.41, 5.74) is 0.699. The highest BCUT2D eigenvalue weighted by atomic mass is 35.5. The molecule has 0 heterocycles. The van der Waals surface area contributed by atoms with Gasteiger partial charge in [-0.2, -0.15) is 0 Å². The molecular formula is C15H24ClNO2S. The first kappa shape index (κ1) is 17.5. The number of halogens is 1. The van der Waals surface area contributed by atoms with Crippen molar-refractivity contribution in [1.29, 1.82) is 0 Å². The van der Waals surface area contributed by atoms with Gasteiger partial charge in [0.2, 0.25) is 0 Å². The Hall–Kier alpha value is -0.580. The van der Waals surface area contributed by atoms with E-state index < -0.39 is 9.84 Å². The van der Waals surface area contributed by atoms with Crippen LogP contribution in [0.25, 0.3) is 0 Å². The first-order valence-corrected chi connectivity index (χ1v) is 9.29. The normalized spacial score (nSPS) is 12.7. The van der Waals surface area contributed by atoms with E-state index in [0.717, 1.165) is 19.3 Å². The van der Waals surface area contributed by atoms with Crippen molar-refractivity contribution in [1.82, 2.24) is 5.32 Å². The van der Waals surface area contributed by atoms with Gasteiger partial charge in [0, 0.05) is 28.9 Å². The second kappa shape index (κ2) is 6.92. The molecule has 1 rings (SSSR count). The number of benzene rings is 1. The van der Waals surface area contributed by atoms with Crippen LogP contribution in [0.4, 0.5) is 0 Å². The molecule has 0 aromatic heterocycles. The lowest BCUT2D eigenvalue weighted by Gasteiger charge is -2.32. The summed E-state index contributed by atoms with van der Waals surface area (Å²) in [4.78, 5) is 0.315. The molecule has 0 amide bonds. The predicted molar refractivity (Wildman–Crippen MR) is 85.0 cm³/mol. The molecule has 0 bridgehead atoms. The predicted octanol–water partition coefficient (Wildman–Crippen LogP) is 3.80. The standard InChI is InChI=1S/C15H24ClNO2S/c1-5-15(6-2,7-3)17-11-12-13(16)9-8-10-14(12)20(4,18)19/h8-10,17H,5-7,11H2,1-4H3. The molecule has 0 saturated heterocycles. The zero-order chi connectivity index (χ0) is 15.4. The van der Waals surface area contributed by atoms with Gasteiger partial charge in [0.05, 0.1) is 4.90 Å². The van der Waals surface area contributed by atoms with Gasteiger partial charge < -0.3 is 5.32 Å². The van der Waals surface area contributed by atoms with Crippen LogP contribution >= 0.6 is 11.6 Å². The maximum atomic E-state index is 11.9. The molecule has 0 saturated carbocycles. The second-order valence-electron chi connectivity index (χ2n) is 5.18. The van der Waals surface area contributed by atoms with E-state index in [-0.39, 0.29) is 5.54 Å². The van der Waals surface area contributed by atoms with Gasteiger partial charge in [0.25, 0.3) is 0 Å². The van der Waals surface area contributed by atoms with Crippen LogP contribution in [0.2, 0.25) is 5.02 Å². The quantitative estimate of drug-likeness (QED) is 0.832. The van der Waals surface area contributed by atoms with Gasteiger partial charge in [-0.1, -0.05) is 38.4 Å². The third-order valence-corrected chi connectivity index (χ3v) is 5.68. The highest BCUT2D eigenvalue weighted by molar-refractivity contribution is 7.90. The van der Waals surface area contributed by atoms with Crippen LogP contribution < -0.4 is 5.32 Å². The van der Waals surface area contributed by atoms with Crippen molar-refractivity contribution < 1.29 is 8.42 Å². The fourth-order valence-corrected chi connectivity index (χ4v) is 3.71. The Morgan fingerprint density at radius 1 is 1.15 bits per heavy atom. The molecule has 1 aromatic rings. The summed E-state index contributed by atoms with van der Waals surface area (Å²) in [5, 5.41) is 4.00. The minimum Gasteiger partial charge on any atom is -0.307 e. The third kappa shape index (κ3) is 3.96. The van der Waals surface area contributed by atoms with E-state index in [1.165, 1.54) is 6.26 Å². The Labute approximate surface area is 127 Å². The number of rotatable bonds is 7. The molecule has 0 aliphatic carbocycles. The van der Waals surface area contributed by atoms with Gasteiger partial charge in [0.15, 0.2) is 9.84 Å². The summed E-state index contributed by atoms with van der Waals surface area (Å²) in [6.07, 6.45) is 4.21. The Bertz CT molecular complexity index is 543. The van der Waals surface area contributed by atoms with Gasteiger partial charge in [0.1, 0.15) is 0 Å². The van der Waals surface area contributed by atoms with Crippen LogP contribution in [-0.4, -0.2) is 20.2 Å². The fourth-order valence-electron chi connectivity index (χ4n) is 2.46. The molecule has 0 atom stereocenters. The Balaban J connectivity index is 3.10. The summed E-state index contributed by atoms with van der Waals surface area (Å²) in [6, 6.07) is 5.03. The van der Waals surface area contributed by atoms with Crippen LogP contribution in [-0.2, 0) is 16.4 Å². The molecule has 0 radical (unpaired) electrons. The zero-order valence-corrected chi connectivity index (χ0v) is 14.2. The Morgan fingerprint density at radius 3 is 2.15 bits per heavy atom. The van der Waals surface area contributed by atoms with E-state index in [9.17, 15) is 8.42 Å². The molecule has 5 heteroatoms. The van der Waals surface area contributed by atoms with E-state index in [4.69, 9.17) is 11.6 Å². The van der Waals surface area contributed by atoms with Crippen molar-refractivity contribution in [3.05, 3.63) is 28.8 Å². The van der Waals surface area contributed by atoms with Crippen LogP contribution in [0.3, 0.4) is 0 Å². The lowest BCUT2D eigenvalue weighted by molar-refractivity contribution is 0.287. The molecule has 0 fully saturated rings. The van der Waals surface area contributed by atoms with Crippen LogP contribution in [0.15, 0.2) is 23.1 Å². The van der Waals surface area contributed by atoms with Crippen molar-refractivity contribution in [2.45, 2.75) is 57.0 Å². The SMILES string of the molecule is CCC(CC)(CC)NCc1c(Cl)cccc1S(C)(=O)=O. The summed E-state index contributed by atoms with van der Waals surface area (Å²) in [5.74, 6) is 0. The molecule has 0 aliphatic heterocycles. The van der Waals surface area contributed by atoms with E-state index in [1.54, 1.807) is 18.2 Å². The minimum atomic E-state index is -3.27. The summed E-state index contributed by atoms with van der Waals surface area (Å²) < 4.78 is 23.7. The number of hydrogen-bond donors (Lipinski definition) is 1.